The second kappa shape index (κ2) is 7.15. The molecule has 1 amide bonds. The van der Waals surface area contributed by atoms with Crippen molar-refractivity contribution in [1.82, 2.24) is 10.2 Å². The van der Waals surface area contributed by atoms with Crippen LogP contribution in [0.4, 0.5) is 0 Å². The first-order valence-corrected chi connectivity index (χ1v) is 9.03. The van der Waals surface area contributed by atoms with Crippen LogP contribution in [-0.2, 0) is 0 Å². The predicted octanol–water partition coefficient (Wildman–Crippen LogP) is 2.86. The van der Waals surface area contributed by atoms with Gasteiger partial charge in [-0.05, 0) is 17.5 Å². The quantitative estimate of drug-likeness (QED) is 0.919. The first-order valence-electron chi connectivity index (χ1n) is 7.00. The molecule has 0 radical (unpaired) electrons. The van der Waals surface area contributed by atoms with Crippen LogP contribution in [0.3, 0.4) is 0 Å². The van der Waals surface area contributed by atoms with Crippen molar-refractivity contribution >= 4 is 29.0 Å². The number of carbonyl (C=O) groups is 1. The van der Waals surface area contributed by atoms with E-state index in [4.69, 9.17) is 4.42 Å². The standard InChI is InChI=1S/C15H18N2O2S2/c18-15(14-2-1-7-21-14)16-10-13(12-3-6-19-11-12)17-4-8-20-9-5-17/h1-3,6-7,11,13H,4-5,8-10H2,(H,16,18)/t13-/m0/s1. The summed E-state index contributed by atoms with van der Waals surface area (Å²) in [6, 6.07) is 5.93. The van der Waals surface area contributed by atoms with E-state index in [1.165, 1.54) is 11.3 Å². The summed E-state index contributed by atoms with van der Waals surface area (Å²) in [5.74, 6) is 2.30. The highest BCUT2D eigenvalue weighted by molar-refractivity contribution is 7.99. The molecule has 0 spiro atoms. The fourth-order valence-corrected chi connectivity index (χ4v) is 4.07. The van der Waals surface area contributed by atoms with Gasteiger partial charge in [0.1, 0.15) is 0 Å². The van der Waals surface area contributed by atoms with Gasteiger partial charge in [0.15, 0.2) is 0 Å². The van der Waals surface area contributed by atoms with Crippen molar-refractivity contribution in [2.75, 3.05) is 31.1 Å². The number of thioether (sulfide) groups is 1. The van der Waals surface area contributed by atoms with Gasteiger partial charge in [-0.3, -0.25) is 9.69 Å². The van der Waals surface area contributed by atoms with Gasteiger partial charge in [0, 0.05) is 36.7 Å². The smallest absolute Gasteiger partial charge is 0.261 e. The molecule has 1 fully saturated rings. The number of nitrogens with one attached hydrogen (secondary N) is 1. The van der Waals surface area contributed by atoms with E-state index in [2.05, 4.69) is 10.2 Å². The lowest BCUT2D eigenvalue weighted by atomic mass is 10.1. The Morgan fingerprint density at radius 3 is 2.90 bits per heavy atom. The van der Waals surface area contributed by atoms with Crippen molar-refractivity contribution in [3.63, 3.8) is 0 Å². The molecule has 1 aliphatic rings. The third kappa shape index (κ3) is 3.70. The molecule has 21 heavy (non-hydrogen) atoms. The van der Waals surface area contributed by atoms with Crippen molar-refractivity contribution < 1.29 is 9.21 Å². The van der Waals surface area contributed by atoms with Crippen LogP contribution in [0.25, 0.3) is 0 Å². The molecule has 0 bridgehead atoms. The summed E-state index contributed by atoms with van der Waals surface area (Å²) >= 11 is 3.45. The number of hydrogen-bond acceptors (Lipinski definition) is 5. The maximum atomic E-state index is 12.1. The van der Waals surface area contributed by atoms with Crippen LogP contribution in [0, 0.1) is 0 Å². The Hall–Kier alpha value is -1.24. The summed E-state index contributed by atoms with van der Waals surface area (Å²) in [5, 5.41) is 4.97. The lowest BCUT2D eigenvalue weighted by molar-refractivity contribution is 0.0939. The summed E-state index contributed by atoms with van der Waals surface area (Å²) in [4.78, 5) is 15.3. The van der Waals surface area contributed by atoms with Crippen LogP contribution in [0.2, 0.25) is 0 Å². The van der Waals surface area contributed by atoms with E-state index in [-0.39, 0.29) is 11.9 Å². The third-order valence-corrected chi connectivity index (χ3v) is 5.43. The van der Waals surface area contributed by atoms with Crippen LogP contribution in [0.5, 0.6) is 0 Å². The van der Waals surface area contributed by atoms with E-state index in [0.29, 0.717) is 6.54 Å². The first-order chi connectivity index (χ1) is 10.3. The average Bonchev–Trinajstić information content (AvgIpc) is 3.22. The van der Waals surface area contributed by atoms with Crippen molar-refractivity contribution in [1.29, 1.82) is 0 Å². The number of amides is 1. The molecule has 1 N–H and O–H groups in total. The number of thiophene rings is 1. The van der Waals surface area contributed by atoms with Crippen molar-refractivity contribution in [3.8, 4) is 0 Å². The zero-order valence-corrected chi connectivity index (χ0v) is 13.3. The molecule has 4 nitrogen and oxygen atoms in total. The lowest BCUT2D eigenvalue weighted by Crippen LogP contribution is -2.41. The molecule has 0 saturated carbocycles. The lowest BCUT2D eigenvalue weighted by Gasteiger charge is -2.33. The highest BCUT2D eigenvalue weighted by Crippen LogP contribution is 2.24. The minimum absolute atomic E-state index is 0.00452. The normalized spacial score (nSPS) is 17.5. The maximum Gasteiger partial charge on any atom is 0.261 e. The van der Waals surface area contributed by atoms with Gasteiger partial charge < -0.3 is 9.73 Å². The molecular weight excluding hydrogens is 304 g/mol. The Labute approximate surface area is 132 Å². The Morgan fingerprint density at radius 1 is 1.38 bits per heavy atom. The Morgan fingerprint density at radius 2 is 2.24 bits per heavy atom. The van der Waals surface area contributed by atoms with Crippen LogP contribution in [0.1, 0.15) is 21.3 Å². The van der Waals surface area contributed by atoms with E-state index in [1.54, 1.807) is 12.5 Å². The first kappa shape index (κ1) is 14.7. The van der Waals surface area contributed by atoms with Crippen LogP contribution in [-0.4, -0.2) is 41.9 Å². The zero-order valence-electron chi connectivity index (χ0n) is 11.7. The second-order valence-corrected chi connectivity index (χ2v) is 7.08. The minimum Gasteiger partial charge on any atom is -0.472 e. The molecule has 2 aromatic heterocycles. The maximum absolute atomic E-state index is 12.1. The Balaban J connectivity index is 1.66. The summed E-state index contributed by atoms with van der Waals surface area (Å²) < 4.78 is 5.22. The molecule has 1 aliphatic heterocycles. The minimum atomic E-state index is 0.00452. The van der Waals surface area contributed by atoms with Crippen LogP contribution in [0.15, 0.2) is 40.5 Å². The van der Waals surface area contributed by atoms with Crippen LogP contribution >= 0.6 is 23.1 Å². The van der Waals surface area contributed by atoms with Gasteiger partial charge in [-0.15, -0.1) is 11.3 Å². The number of nitrogens with zero attached hydrogens (tertiary/aromatic N) is 1. The molecule has 1 atom stereocenters. The van der Waals surface area contributed by atoms with Crippen molar-refractivity contribution in [2.24, 2.45) is 0 Å². The highest BCUT2D eigenvalue weighted by Gasteiger charge is 2.24. The van der Waals surface area contributed by atoms with Gasteiger partial charge >= 0.3 is 0 Å². The molecule has 0 unspecified atom stereocenters. The van der Waals surface area contributed by atoms with Crippen molar-refractivity contribution in [3.05, 3.63) is 46.5 Å². The summed E-state index contributed by atoms with van der Waals surface area (Å²) in [6.07, 6.45) is 3.48. The van der Waals surface area contributed by atoms with E-state index >= 15 is 0 Å². The molecule has 3 heterocycles. The fraction of sp³-hybridized carbons (Fsp3) is 0.400. The summed E-state index contributed by atoms with van der Waals surface area (Å²) in [6.45, 7) is 2.71. The molecule has 1 saturated heterocycles. The summed E-state index contributed by atoms with van der Waals surface area (Å²) in [7, 11) is 0. The average molecular weight is 322 g/mol. The zero-order chi connectivity index (χ0) is 14.5. The third-order valence-electron chi connectivity index (χ3n) is 3.62. The Kier molecular flexibility index (Phi) is 5.00. The van der Waals surface area contributed by atoms with Gasteiger partial charge in [0.05, 0.1) is 23.4 Å². The number of hydrogen-bond donors (Lipinski definition) is 1. The number of furan rings is 1. The Bertz CT molecular complexity index is 548. The van der Waals surface area contributed by atoms with Gasteiger partial charge in [-0.1, -0.05) is 6.07 Å². The second-order valence-electron chi connectivity index (χ2n) is 4.91. The molecule has 0 aromatic carbocycles. The molecular formula is C15H18N2O2S2. The molecule has 3 rings (SSSR count). The fourth-order valence-electron chi connectivity index (χ4n) is 2.50. The predicted molar refractivity (Wildman–Crippen MR) is 87.0 cm³/mol. The molecule has 112 valence electrons. The number of carbonyl (C=O) groups excluding carboxylic acids is 1. The molecule has 2 aromatic rings. The van der Waals surface area contributed by atoms with Gasteiger partial charge in [-0.25, -0.2) is 0 Å². The number of rotatable bonds is 5. The largest absolute Gasteiger partial charge is 0.472 e. The monoisotopic (exact) mass is 322 g/mol. The van der Waals surface area contributed by atoms with Gasteiger partial charge in [-0.2, -0.15) is 11.8 Å². The van der Waals surface area contributed by atoms with E-state index in [0.717, 1.165) is 35.0 Å². The SMILES string of the molecule is O=C(NC[C@@H](c1ccoc1)N1CCSCC1)c1cccs1. The molecule has 0 aliphatic carbocycles. The van der Waals surface area contributed by atoms with E-state index < -0.39 is 0 Å². The topological polar surface area (TPSA) is 45.5 Å². The van der Waals surface area contributed by atoms with E-state index in [1.807, 2.05) is 35.3 Å². The van der Waals surface area contributed by atoms with Gasteiger partial charge in [0.25, 0.3) is 5.91 Å². The van der Waals surface area contributed by atoms with Crippen molar-refractivity contribution in [2.45, 2.75) is 6.04 Å². The van der Waals surface area contributed by atoms with Crippen LogP contribution < -0.4 is 5.32 Å². The summed E-state index contributed by atoms with van der Waals surface area (Å²) in [5.41, 5.74) is 1.13. The molecule has 6 heteroatoms. The van der Waals surface area contributed by atoms with Gasteiger partial charge in [0.2, 0.25) is 0 Å². The van der Waals surface area contributed by atoms with E-state index in [9.17, 15) is 4.79 Å². The highest BCUT2D eigenvalue weighted by atomic mass is 32.2.